The fourth-order valence-electron chi connectivity index (χ4n) is 5.66. The Morgan fingerprint density at radius 3 is 2.49 bits per heavy atom. The predicted octanol–water partition coefficient (Wildman–Crippen LogP) is 4.20. The summed E-state index contributed by atoms with van der Waals surface area (Å²) in [5, 5.41) is 21.6. The molecule has 3 aliphatic rings. The molecule has 1 N–H and O–H groups in total. The molecule has 1 aromatic carbocycles. The average molecular weight is 595 g/mol. The van der Waals surface area contributed by atoms with Gasteiger partial charge >= 0.3 is 0 Å². The summed E-state index contributed by atoms with van der Waals surface area (Å²) in [5.41, 5.74) is 3.17. The Bertz CT molecular complexity index is 1580. The minimum Gasteiger partial charge on any atom is -0.369 e. The second-order valence-corrected chi connectivity index (χ2v) is 14.6. The second-order valence-electron chi connectivity index (χ2n) is 11.3. The molecule has 2 aliphatic carbocycles. The first-order chi connectivity index (χ1) is 19.7. The molecule has 2 saturated carbocycles. The smallest absolute Gasteiger partial charge is 0.225 e. The third kappa shape index (κ3) is 5.83. The number of alkyl halides is 1. The minimum atomic E-state index is -2.98. The van der Waals surface area contributed by atoms with Crippen molar-refractivity contribution in [1.82, 2.24) is 20.5 Å². The van der Waals surface area contributed by atoms with E-state index in [0.717, 1.165) is 27.5 Å². The Labute approximate surface area is 242 Å². The summed E-state index contributed by atoms with van der Waals surface area (Å²) >= 11 is 1.47. The third-order valence-corrected chi connectivity index (χ3v) is 11.1. The highest BCUT2D eigenvalue weighted by molar-refractivity contribution is 7.91. The van der Waals surface area contributed by atoms with Crippen LogP contribution in [0.5, 0.6) is 0 Å². The SMILES string of the molecule is Cc1ccc(-c2nc([C@@H]3CC[C@H](F)C[C@H]3C(=O)NC3(C#N)CC3)c(-c3ccc(N4CCS(=O)(=O)CC4)cc3)s2)nn1. The molecule has 1 aliphatic heterocycles. The number of halogens is 1. The highest BCUT2D eigenvalue weighted by atomic mass is 32.2. The first-order valence-corrected chi connectivity index (χ1v) is 16.5. The summed E-state index contributed by atoms with van der Waals surface area (Å²) < 4.78 is 38.4. The number of hydrogen-bond acceptors (Lipinski definition) is 9. The number of anilines is 1. The quantitative estimate of drug-likeness (QED) is 0.450. The molecule has 9 nitrogen and oxygen atoms in total. The molecule has 0 unspecified atom stereocenters. The summed E-state index contributed by atoms with van der Waals surface area (Å²) in [6, 6.07) is 13.9. The van der Waals surface area contributed by atoms with Gasteiger partial charge in [0, 0.05) is 30.6 Å². The number of nitriles is 1. The first kappa shape index (κ1) is 27.7. The van der Waals surface area contributed by atoms with Gasteiger partial charge in [0.25, 0.3) is 0 Å². The lowest BCUT2D eigenvalue weighted by molar-refractivity contribution is -0.128. The normalized spacial score (nSPS) is 24.8. The van der Waals surface area contributed by atoms with Gasteiger partial charge in [-0.05, 0) is 68.9 Å². The minimum absolute atomic E-state index is 0.0887. The standard InChI is InChI=1S/C29H31FN6O3S2/c1-18-2-9-24(35-34-18)28-32-25(22-8-5-20(30)16-23(22)27(37)33-29(17-31)10-11-29)26(40-28)19-3-6-21(7-4-19)36-12-14-41(38,39)15-13-36/h2-4,6-7,9,20,22-23H,5,8,10-16H2,1H3,(H,33,37)/t20-,22+,23+/m0/s1. The molecule has 41 heavy (non-hydrogen) atoms. The summed E-state index contributed by atoms with van der Waals surface area (Å²) in [4.78, 5) is 21.4. The number of benzene rings is 1. The van der Waals surface area contributed by atoms with E-state index >= 15 is 0 Å². The van der Waals surface area contributed by atoms with Crippen LogP contribution in [0.4, 0.5) is 10.1 Å². The molecule has 0 radical (unpaired) electrons. The van der Waals surface area contributed by atoms with Crippen molar-refractivity contribution in [3.63, 3.8) is 0 Å². The van der Waals surface area contributed by atoms with Gasteiger partial charge in [-0.1, -0.05) is 12.1 Å². The maximum absolute atomic E-state index is 14.7. The average Bonchev–Trinajstić information content (AvgIpc) is 3.60. The van der Waals surface area contributed by atoms with Gasteiger partial charge in [-0.25, -0.2) is 17.8 Å². The number of thiazole rings is 1. The lowest BCUT2D eigenvalue weighted by Crippen LogP contribution is -2.44. The van der Waals surface area contributed by atoms with E-state index in [0.29, 0.717) is 49.5 Å². The molecular weight excluding hydrogens is 563 g/mol. The van der Waals surface area contributed by atoms with Gasteiger partial charge in [-0.15, -0.1) is 16.4 Å². The van der Waals surface area contributed by atoms with Crippen LogP contribution in [0.3, 0.4) is 0 Å². The van der Waals surface area contributed by atoms with Crippen LogP contribution in [0.2, 0.25) is 0 Å². The predicted molar refractivity (Wildman–Crippen MR) is 155 cm³/mol. The maximum atomic E-state index is 14.7. The molecule has 0 bridgehead atoms. The molecule has 214 valence electrons. The zero-order valence-corrected chi connectivity index (χ0v) is 24.3. The van der Waals surface area contributed by atoms with Crippen molar-refractivity contribution in [3.05, 3.63) is 47.8 Å². The number of hydrogen-bond donors (Lipinski definition) is 1. The van der Waals surface area contributed by atoms with Crippen LogP contribution in [0.25, 0.3) is 21.1 Å². The number of rotatable bonds is 6. The highest BCUT2D eigenvalue weighted by Gasteiger charge is 2.48. The number of sulfone groups is 1. The Morgan fingerprint density at radius 2 is 1.85 bits per heavy atom. The molecule has 1 amide bonds. The highest BCUT2D eigenvalue weighted by Crippen LogP contribution is 2.47. The third-order valence-electron chi connectivity index (χ3n) is 8.31. The van der Waals surface area contributed by atoms with Crippen LogP contribution < -0.4 is 10.2 Å². The van der Waals surface area contributed by atoms with E-state index < -0.39 is 27.5 Å². The van der Waals surface area contributed by atoms with Crippen molar-refractivity contribution in [2.24, 2.45) is 5.92 Å². The lowest BCUT2D eigenvalue weighted by Gasteiger charge is -2.32. The molecule has 3 heterocycles. The van der Waals surface area contributed by atoms with E-state index in [1.54, 1.807) is 0 Å². The molecule has 0 spiro atoms. The van der Waals surface area contributed by atoms with E-state index in [4.69, 9.17) is 4.98 Å². The number of carbonyl (C=O) groups is 1. The van der Waals surface area contributed by atoms with Crippen LogP contribution in [0, 0.1) is 24.2 Å². The maximum Gasteiger partial charge on any atom is 0.225 e. The molecule has 3 fully saturated rings. The molecule has 1 saturated heterocycles. The first-order valence-electron chi connectivity index (χ1n) is 13.9. The zero-order chi connectivity index (χ0) is 28.8. The fraction of sp³-hybridized carbons (Fsp3) is 0.483. The Balaban J connectivity index is 1.36. The molecule has 2 aromatic heterocycles. The van der Waals surface area contributed by atoms with E-state index in [-0.39, 0.29) is 29.8 Å². The second kappa shape index (κ2) is 10.8. The zero-order valence-electron chi connectivity index (χ0n) is 22.7. The van der Waals surface area contributed by atoms with Gasteiger partial charge in [0.2, 0.25) is 5.91 Å². The Hall–Kier alpha value is -3.43. The van der Waals surface area contributed by atoms with E-state index in [1.165, 1.54) is 11.3 Å². The largest absolute Gasteiger partial charge is 0.369 e. The molecule has 6 rings (SSSR count). The number of nitrogens with zero attached hydrogens (tertiary/aromatic N) is 5. The summed E-state index contributed by atoms with van der Waals surface area (Å²) in [6.45, 7) is 2.77. The number of nitrogens with one attached hydrogen (secondary N) is 1. The molecule has 3 atom stereocenters. The van der Waals surface area contributed by atoms with E-state index in [2.05, 4.69) is 26.5 Å². The Morgan fingerprint density at radius 1 is 1.12 bits per heavy atom. The van der Waals surface area contributed by atoms with E-state index in [9.17, 15) is 22.9 Å². The van der Waals surface area contributed by atoms with Crippen LogP contribution >= 0.6 is 11.3 Å². The van der Waals surface area contributed by atoms with Crippen molar-refractivity contribution >= 4 is 32.8 Å². The van der Waals surface area contributed by atoms with Gasteiger partial charge in [-0.3, -0.25) is 4.79 Å². The fourth-order valence-corrected chi connectivity index (χ4v) is 7.97. The van der Waals surface area contributed by atoms with Gasteiger partial charge in [-0.2, -0.15) is 10.4 Å². The number of aryl methyl sites for hydroxylation is 1. The van der Waals surface area contributed by atoms with Crippen LogP contribution in [-0.4, -0.2) is 65.8 Å². The molecule has 12 heteroatoms. The van der Waals surface area contributed by atoms with Crippen LogP contribution in [0.15, 0.2) is 36.4 Å². The summed E-state index contributed by atoms with van der Waals surface area (Å²) in [5.74, 6) is -0.966. The van der Waals surface area contributed by atoms with Crippen molar-refractivity contribution in [1.29, 1.82) is 5.26 Å². The van der Waals surface area contributed by atoms with Gasteiger partial charge in [0.15, 0.2) is 9.84 Å². The number of aromatic nitrogens is 3. The van der Waals surface area contributed by atoms with Crippen LogP contribution in [0.1, 0.15) is 49.4 Å². The van der Waals surface area contributed by atoms with Gasteiger partial charge in [0.05, 0.1) is 33.8 Å². The Kier molecular flexibility index (Phi) is 7.28. The van der Waals surface area contributed by atoms with Crippen molar-refractivity contribution in [3.8, 4) is 27.2 Å². The number of carbonyl (C=O) groups excluding carboxylic acids is 1. The van der Waals surface area contributed by atoms with Gasteiger partial charge in [0.1, 0.15) is 22.4 Å². The summed E-state index contributed by atoms with van der Waals surface area (Å²) in [6.07, 6.45) is 1.03. The lowest BCUT2D eigenvalue weighted by atomic mass is 9.75. The topological polar surface area (TPSA) is 129 Å². The summed E-state index contributed by atoms with van der Waals surface area (Å²) in [7, 11) is -2.98. The van der Waals surface area contributed by atoms with Gasteiger partial charge < -0.3 is 10.2 Å². The van der Waals surface area contributed by atoms with E-state index in [1.807, 2.05) is 43.3 Å². The van der Waals surface area contributed by atoms with Crippen LogP contribution in [-0.2, 0) is 14.6 Å². The monoisotopic (exact) mass is 594 g/mol. The molecular formula is C29H31FN6O3S2. The number of amides is 1. The van der Waals surface area contributed by atoms with Crippen molar-refractivity contribution in [2.45, 2.75) is 56.7 Å². The van der Waals surface area contributed by atoms with Crippen molar-refractivity contribution in [2.75, 3.05) is 29.5 Å². The van der Waals surface area contributed by atoms with Crippen molar-refractivity contribution < 1.29 is 17.6 Å². The molecule has 3 aromatic rings.